The van der Waals surface area contributed by atoms with Crippen molar-refractivity contribution >= 4 is 11.9 Å². The van der Waals surface area contributed by atoms with Gasteiger partial charge >= 0.3 is 5.97 Å². The number of hydrogen-bond acceptors (Lipinski definition) is 5. The highest BCUT2D eigenvalue weighted by atomic mass is 16.5. The fourth-order valence-corrected chi connectivity index (χ4v) is 11.4. The van der Waals surface area contributed by atoms with E-state index < -0.39 is 12.1 Å². The number of allylic oxidation sites excluding steroid dienone is 7. The van der Waals surface area contributed by atoms with E-state index >= 15 is 0 Å². The molecule has 0 aromatic heterocycles. The van der Waals surface area contributed by atoms with E-state index in [0.717, 1.165) is 57.8 Å². The summed E-state index contributed by atoms with van der Waals surface area (Å²) in [6, 6.07) is -0.635. The van der Waals surface area contributed by atoms with E-state index in [1.807, 2.05) is 6.08 Å². The maximum absolute atomic E-state index is 12.5. The zero-order valence-electron chi connectivity index (χ0n) is 55.2. The number of rotatable bonds is 69. The highest BCUT2D eigenvalue weighted by Crippen LogP contribution is 2.18. The Morgan fingerprint density at radius 1 is 0.341 bits per heavy atom. The molecule has 1 amide bonds. The third kappa shape index (κ3) is 67.0. The summed E-state index contributed by atoms with van der Waals surface area (Å²) in [4.78, 5) is 24.7. The Labute approximate surface area is 512 Å². The van der Waals surface area contributed by atoms with Gasteiger partial charge in [0.25, 0.3) is 0 Å². The summed E-state index contributed by atoms with van der Waals surface area (Å²) in [5.74, 6) is -0.0631. The number of carbonyl (C=O) groups excluding carboxylic acids is 2. The highest BCUT2D eigenvalue weighted by molar-refractivity contribution is 5.76. The standard InChI is InChI=1S/C76H143NO5/c1-3-5-7-9-11-13-15-17-19-21-23-24-26-29-33-36-40-44-48-52-56-60-64-68-74(79)73(72-78)77-75(80)69-65-61-57-53-49-45-41-37-34-30-27-25-28-31-35-39-43-47-51-55-59-63-67-71-82-76(81)70-66-62-58-54-50-46-42-38-32-22-20-18-16-14-12-10-8-6-4-2/h12,14,18,20,30,34,64,68,73-74,78-79H,3-11,13,15-17,19,21-29,31-33,35-63,65-67,69-72H2,1-2H3,(H,77,80)/b14-12-,20-18-,34-30-,68-64+. The second-order valence-corrected chi connectivity index (χ2v) is 25.3. The van der Waals surface area contributed by atoms with Crippen molar-refractivity contribution in [1.82, 2.24) is 5.32 Å². The summed E-state index contributed by atoms with van der Waals surface area (Å²) in [5.41, 5.74) is 0. The summed E-state index contributed by atoms with van der Waals surface area (Å²) in [7, 11) is 0. The van der Waals surface area contributed by atoms with Crippen molar-refractivity contribution in [3.05, 3.63) is 48.6 Å². The van der Waals surface area contributed by atoms with Crippen molar-refractivity contribution < 1.29 is 24.5 Å². The van der Waals surface area contributed by atoms with E-state index in [2.05, 4.69) is 55.6 Å². The molecule has 0 rings (SSSR count). The fraction of sp³-hybridized carbons (Fsp3) is 0.868. The number of ether oxygens (including phenoxy) is 1. The second kappa shape index (κ2) is 71.3. The van der Waals surface area contributed by atoms with Gasteiger partial charge in [0.2, 0.25) is 5.91 Å². The molecule has 6 heteroatoms. The van der Waals surface area contributed by atoms with Crippen LogP contribution in [0.15, 0.2) is 48.6 Å². The normalized spacial score (nSPS) is 12.8. The number of carbonyl (C=O) groups is 2. The zero-order valence-corrected chi connectivity index (χ0v) is 55.2. The predicted molar refractivity (Wildman–Crippen MR) is 361 cm³/mol. The summed E-state index contributed by atoms with van der Waals surface area (Å²) in [6.45, 7) is 4.91. The molecule has 0 fully saturated rings. The lowest BCUT2D eigenvalue weighted by molar-refractivity contribution is -0.143. The first-order chi connectivity index (χ1) is 40.5. The first-order valence-corrected chi connectivity index (χ1v) is 36.9. The van der Waals surface area contributed by atoms with Crippen LogP contribution in [0, 0.1) is 0 Å². The Bertz CT molecular complexity index is 1370. The third-order valence-corrected chi connectivity index (χ3v) is 17.1. The molecule has 0 heterocycles. The van der Waals surface area contributed by atoms with Crippen molar-refractivity contribution in [3.63, 3.8) is 0 Å². The number of aliphatic hydroxyl groups excluding tert-OH is 2. The van der Waals surface area contributed by atoms with Crippen molar-refractivity contribution in [2.75, 3.05) is 13.2 Å². The molecular formula is C76H143NO5. The average Bonchev–Trinajstić information content (AvgIpc) is 3.48. The smallest absolute Gasteiger partial charge is 0.305 e. The molecule has 0 aromatic carbocycles. The molecule has 0 aliphatic heterocycles. The summed E-state index contributed by atoms with van der Waals surface area (Å²) >= 11 is 0. The molecule has 6 nitrogen and oxygen atoms in total. The molecule has 0 saturated heterocycles. The van der Waals surface area contributed by atoms with Crippen LogP contribution < -0.4 is 5.32 Å². The van der Waals surface area contributed by atoms with Crippen LogP contribution in [-0.2, 0) is 14.3 Å². The first-order valence-electron chi connectivity index (χ1n) is 36.9. The summed E-state index contributed by atoms with van der Waals surface area (Å²) in [6.07, 6.45) is 93.4. The van der Waals surface area contributed by atoms with E-state index in [4.69, 9.17) is 4.74 Å². The Morgan fingerprint density at radius 2 is 0.610 bits per heavy atom. The molecule has 3 N–H and O–H groups in total. The molecule has 0 aliphatic rings. The second-order valence-electron chi connectivity index (χ2n) is 25.3. The Balaban J connectivity index is 3.43. The number of aliphatic hydroxyl groups is 2. The van der Waals surface area contributed by atoms with Crippen LogP contribution in [-0.4, -0.2) is 47.4 Å². The van der Waals surface area contributed by atoms with Crippen LogP contribution in [0.5, 0.6) is 0 Å². The van der Waals surface area contributed by atoms with E-state index in [1.165, 1.54) is 315 Å². The number of nitrogens with one attached hydrogen (secondary N) is 1. The lowest BCUT2D eigenvalue weighted by atomic mass is 10.0. The molecule has 0 saturated carbocycles. The molecule has 0 aromatic rings. The number of esters is 1. The lowest BCUT2D eigenvalue weighted by Crippen LogP contribution is -2.45. The van der Waals surface area contributed by atoms with Gasteiger partial charge in [-0.05, 0) is 89.9 Å². The van der Waals surface area contributed by atoms with Crippen LogP contribution in [0.1, 0.15) is 399 Å². The van der Waals surface area contributed by atoms with E-state index in [1.54, 1.807) is 6.08 Å². The molecule has 0 radical (unpaired) electrons. The van der Waals surface area contributed by atoms with Crippen molar-refractivity contribution in [2.24, 2.45) is 0 Å². The van der Waals surface area contributed by atoms with Crippen LogP contribution in [0.25, 0.3) is 0 Å². The van der Waals surface area contributed by atoms with Crippen molar-refractivity contribution in [2.45, 2.75) is 411 Å². The summed E-state index contributed by atoms with van der Waals surface area (Å²) in [5, 5.41) is 23.3. The molecular weight excluding hydrogens is 1010 g/mol. The molecule has 2 unspecified atom stereocenters. The van der Waals surface area contributed by atoms with Crippen molar-refractivity contribution in [3.8, 4) is 0 Å². The van der Waals surface area contributed by atoms with Gasteiger partial charge in [0.1, 0.15) is 0 Å². The van der Waals surface area contributed by atoms with Gasteiger partial charge in [-0.15, -0.1) is 0 Å². The Morgan fingerprint density at radius 3 is 0.963 bits per heavy atom. The highest BCUT2D eigenvalue weighted by Gasteiger charge is 2.18. The van der Waals surface area contributed by atoms with Crippen LogP contribution in [0.2, 0.25) is 0 Å². The molecule has 2 atom stereocenters. The number of hydrogen-bond donors (Lipinski definition) is 3. The molecule has 0 aliphatic carbocycles. The predicted octanol–water partition coefficient (Wildman–Crippen LogP) is 24.0. The maximum atomic E-state index is 12.5. The van der Waals surface area contributed by atoms with Gasteiger partial charge < -0.3 is 20.3 Å². The topological polar surface area (TPSA) is 95.9 Å². The fourth-order valence-electron chi connectivity index (χ4n) is 11.4. The Hall–Kier alpha value is -2.18. The van der Waals surface area contributed by atoms with E-state index in [0.29, 0.717) is 19.4 Å². The monoisotopic (exact) mass is 1150 g/mol. The maximum Gasteiger partial charge on any atom is 0.305 e. The van der Waals surface area contributed by atoms with Crippen LogP contribution in [0.3, 0.4) is 0 Å². The third-order valence-electron chi connectivity index (χ3n) is 17.1. The SMILES string of the molecule is CCCCC/C=C\C/C=C\CCCCCCCCCCCC(=O)OCCCCCCCCCCCCCC/C=C\CCCCCCCCCC(=O)NC(CO)C(O)/C=C/CCCCCCCCCCCCCCCCCCCCCCC. The molecule has 0 spiro atoms. The summed E-state index contributed by atoms with van der Waals surface area (Å²) < 4.78 is 5.51. The largest absolute Gasteiger partial charge is 0.466 e. The first kappa shape index (κ1) is 79.8. The minimum absolute atomic E-state index is 0.00767. The average molecular weight is 1150 g/mol. The van der Waals surface area contributed by atoms with E-state index in [-0.39, 0.29) is 18.5 Å². The molecule has 0 bridgehead atoms. The van der Waals surface area contributed by atoms with Gasteiger partial charge in [-0.2, -0.15) is 0 Å². The van der Waals surface area contributed by atoms with E-state index in [9.17, 15) is 19.8 Å². The van der Waals surface area contributed by atoms with Gasteiger partial charge in [-0.25, -0.2) is 0 Å². The Kier molecular flexibility index (Phi) is 69.4. The number of unbranched alkanes of at least 4 members (excludes halogenated alkanes) is 52. The van der Waals surface area contributed by atoms with Gasteiger partial charge in [-0.3, -0.25) is 9.59 Å². The minimum atomic E-state index is -0.851. The molecule has 482 valence electrons. The van der Waals surface area contributed by atoms with Gasteiger partial charge in [-0.1, -0.05) is 345 Å². The zero-order chi connectivity index (χ0) is 59.2. The van der Waals surface area contributed by atoms with Crippen molar-refractivity contribution in [1.29, 1.82) is 0 Å². The lowest BCUT2D eigenvalue weighted by Gasteiger charge is -2.20. The quantitative estimate of drug-likeness (QED) is 0.0320. The van der Waals surface area contributed by atoms with Crippen LogP contribution >= 0.6 is 0 Å². The van der Waals surface area contributed by atoms with Crippen LogP contribution in [0.4, 0.5) is 0 Å². The number of amides is 1. The van der Waals surface area contributed by atoms with Gasteiger partial charge in [0.05, 0.1) is 25.4 Å². The minimum Gasteiger partial charge on any atom is -0.466 e. The van der Waals surface area contributed by atoms with Gasteiger partial charge in [0, 0.05) is 12.8 Å². The van der Waals surface area contributed by atoms with Gasteiger partial charge in [0.15, 0.2) is 0 Å². The molecule has 82 heavy (non-hydrogen) atoms.